The van der Waals surface area contributed by atoms with Crippen molar-refractivity contribution in [2.24, 2.45) is 5.10 Å². The molecule has 0 bridgehead atoms. The molecule has 0 unspecified atom stereocenters. The summed E-state index contributed by atoms with van der Waals surface area (Å²) in [6.07, 6.45) is 1.39. The van der Waals surface area contributed by atoms with Crippen LogP contribution in [-0.2, 0) is 10.0 Å². The number of aromatic carboxylic acids is 1. The predicted octanol–water partition coefficient (Wildman–Crippen LogP) is 4.31. The molecule has 0 fully saturated rings. The van der Waals surface area contributed by atoms with Crippen molar-refractivity contribution in [1.82, 2.24) is 0 Å². The number of para-hydroxylation sites is 1. The second-order valence-corrected chi connectivity index (χ2v) is 9.25. The van der Waals surface area contributed by atoms with E-state index in [0.29, 0.717) is 11.3 Å². The maximum absolute atomic E-state index is 12.8. The Kier molecular flexibility index (Phi) is 7.48. The normalized spacial score (nSPS) is 11.2. The summed E-state index contributed by atoms with van der Waals surface area (Å²) in [5.41, 5.74) is 2.08. The minimum atomic E-state index is -4.33. The Bertz CT molecular complexity index is 1390. The number of rotatable bonds is 9. The van der Waals surface area contributed by atoms with Crippen LogP contribution >= 0.6 is 15.9 Å². The second kappa shape index (κ2) is 10.3. The Morgan fingerprint density at radius 1 is 1.15 bits per heavy atom. The zero-order valence-electron chi connectivity index (χ0n) is 17.4. The molecule has 0 radical (unpaired) electrons. The van der Waals surface area contributed by atoms with Crippen molar-refractivity contribution in [3.05, 3.63) is 86.4 Å². The topological polar surface area (TPSA) is 160 Å². The first-order chi connectivity index (χ1) is 16.1. The predicted molar refractivity (Wildman–Crippen MR) is 129 cm³/mol. The van der Waals surface area contributed by atoms with Gasteiger partial charge in [0.05, 0.1) is 34.4 Å². The molecule has 0 amide bonds. The lowest BCUT2D eigenvalue weighted by atomic mass is 10.2. The summed E-state index contributed by atoms with van der Waals surface area (Å²) in [7, 11) is -2.84. The molecule has 3 aromatic rings. The molecule has 11 nitrogen and oxygen atoms in total. The van der Waals surface area contributed by atoms with Crippen LogP contribution in [0.1, 0.15) is 15.9 Å². The molecule has 3 N–H and O–H groups in total. The summed E-state index contributed by atoms with van der Waals surface area (Å²) < 4.78 is 33.7. The first-order valence-corrected chi connectivity index (χ1v) is 11.7. The number of carboxylic acids is 1. The number of benzene rings is 3. The van der Waals surface area contributed by atoms with E-state index in [1.54, 1.807) is 18.2 Å². The van der Waals surface area contributed by atoms with E-state index in [4.69, 9.17) is 4.74 Å². The number of nitrogens with zero attached hydrogens (tertiary/aromatic N) is 2. The van der Waals surface area contributed by atoms with Crippen LogP contribution in [0.15, 0.2) is 75.1 Å². The fourth-order valence-corrected chi connectivity index (χ4v) is 4.34. The van der Waals surface area contributed by atoms with Gasteiger partial charge in [-0.1, -0.05) is 28.1 Å². The van der Waals surface area contributed by atoms with Crippen LogP contribution in [0.5, 0.6) is 5.75 Å². The molecule has 0 saturated heterocycles. The number of methoxy groups -OCH3 is 1. The molecule has 13 heteroatoms. The highest BCUT2D eigenvalue weighted by atomic mass is 79.9. The summed E-state index contributed by atoms with van der Waals surface area (Å²) in [6.45, 7) is 0. The molecule has 0 saturated carbocycles. The van der Waals surface area contributed by atoms with Crippen molar-refractivity contribution < 1.29 is 28.0 Å². The van der Waals surface area contributed by atoms with Gasteiger partial charge >= 0.3 is 5.97 Å². The maximum Gasteiger partial charge on any atom is 0.337 e. The van der Waals surface area contributed by atoms with E-state index in [9.17, 15) is 28.4 Å². The fourth-order valence-electron chi connectivity index (χ4n) is 2.86. The summed E-state index contributed by atoms with van der Waals surface area (Å²) in [6, 6.07) is 13.8. The second-order valence-electron chi connectivity index (χ2n) is 6.65. The molecule has 3 rings (SSSR count). The van der Waals surface area contributed by atoms with Crippen molar-refractivity contribution in [2.75, 3.05) is 17.3 Å². The number of anilines is 2. The molecular weight excluding hydrogens is 532 g/mol. The number of halogens is 1. The number of carboxylic acid groups (broad SMARTS) is 1. The van der Waals surface area contributed by atoms with E-state index in [1.807, 2.05) is 0 Å². The monoisotopic (exact) mass is 548 g/mol. The highest BCUT2D eigenvalue weighted by molar-refractivity contribution is 9.10. The molecule has 176 valence electrons. The van der Waals surface area contributed by atoms with Crippen molar-refractivity contribution >= 4 is 55.2 Å². The van der Waals surface area contributed by atoms with E-state index in [-0.39, 0.29) is 16.9 Å². The molecule has 0 aromatic heterocycles. The number of nitrogens with one attached hydrogen (secondary N) is 2. The standard InChI is InChI=1S/C21H17BrN4O7S/c1-33-20-9-6-14(22)10-13(20)12-23-24-18-8-7-15(11-19(18)26(29)30)34(31,32)25-17-5-3-2-4-16(17)21(27)28/h2-12,24-25H,1H3,(H,27,28). The van der Waals surface area contributed by atoms with E-state index in [1.165, 1.54) is 43.7 Å². The van der Waals surface area contributed by atoms with Gasteiger partial charge < -0.3 is 9.84 Å². The van der Waals surface area contributed by atoms with Crippen molar-refractivity contribution in [1.29, 1.82) is 0 Å². The van der Waals surface area contributed by atoms with Gasteiger partial charge in [-0.05, 0) is 42.5 Å². The third-order valence-electron chi connectivity index (χ3n) is 4.46. The zero-order valence-corrected chi connectivity index (χ0v) is 19.8. The lowest BCUT2D eigenvalue weighted by Crippen LogP contribution is -2.16. The number of nitro benzene ring substituents is 1. The van der Waals surface area contributed by atoms with Crippen molar-refractivity contribution in [3.8, 4) is 5.75 Å². The minimum Gasteiger partial charge on any atom is -0.496 e. The Morgan fingerprint density at radius 2 is 1.88 bits per heavy atom. The van der Waals surface area contributed by atoms with E-state index in [0.717, 1.165) is 16.6 Å². The van der Waals surface area contributed by atoms with Gasteiger partial charge in [0.1, 0.15) is 11.4 Å². The molecule has 0 atom stereocenters. The van der Waals surface area contributed by atoms with Crippen LogP contribution in [0.25, 0.3) is 0 Å². The first kappa shape index (κ1) is 24.7. The molecule has 3 aromatic carbocycles. The van der Waals surface area contributed by atoms with E-state index in [2.05, 4.69) is 31.2 Å². The largest absolute Gasteiger partial charge is 0.496 e. The lowest BCUT2D eigenvalue weighted by Gasteiger charge is -2.11. The highest BCUT2D eigenvalue weighted by Gasteiger charge is 2.23. The fraction of sp³-hybridized carbons (Fsp3) is 0.0476. The molecule has 0 aliphatic rings. The van der Waals surface area contributed by atoms with Gasteiger partial charge in [-0.2, -0.15) is 5.10 Å². The number of carbonyl (C=O) groups is 1. The van der Waals surface area contributed by atoms with Gasteiger partial charge in [-0.25, -0.2) is 13.2 Å². The average molecular weight is 549 g/mol. The first-order valence-electron chi connectivity index (χ1n) is 9.38. The van der Waals surface area contributed by atoms with Crippen molar-refractivity contribution in [2.45, 2.75) is 4.90 Å². The number of sulfonamides is 1. The lowest BCUT2D eigenvalue weighted by molar-refractivity contribution is -0.384. The SMILES string of the molecule is COc1ccc(Br)cc1C=NNc1ccc(S(=O)(=O)Nc2ccccc2C(=O)O)cc1[N+](=O)[O-]. The smallest absolute Gasteiger partial charge is 0.337 e. The van der Waals surface area contributed by atoms with Crippen LogP contribution in [0.3, 0.4) is 0 Å². The summed E-state index contributed by atoms with van der Waals surface area (Å²) in [4.78, 5) is 21.7. The third-order valence-corrected chi connectivity index (χ3v) is 6.31. The van der Waals surface area contributed by atoms with Crippen LogP contribution < -0.4 is 14.9 Å². The van der Waals surface area contributed by atoms with Crippen molar-refractivity contribution in [3.63, 3.8) is 0 Å². The molecule has 0 aliphatic carbocycles. The molecule has 0 heterocycles. The maximum atomic E-state index is 12.8. The molecule has 0 aliphatic heterocycles. The van der Waals surface area contributed by atoms with Crippen LogP contribution in [-0.4, -0.2) is 37.7 Å². The third kappa shape index (κ3) is 5.68. The Balaban J connectivity index is 1.89. The Labute approximate surface area is 202 Å². The van der Waals surface area contributed by atoms with Crippen LogP contribution in [0, 0.1) is 10.1 Å². The number of hydrogen-bond donors (Lipinski definition) is 3. The molecule has 34 heavy (non-hydrogen) atoms. The van der Waals surface area contributed by atoms with Gasteiger partial charge in [0.15, 0.2) is 0 Å². The van der Waals surface area contributed by atoms with Gasteiger partial charge in [-0.3, -0.25) is 20.3 Å². The Hall–Kier alpha value is -3.97. The summed E-state index contributed by atoms with van der Waals surface area (Å²) >= 11 is 3.33. The van der Waals surface area contributed by atoms with Gasteiger partial charge in [0.2, 0.25) is 0 Å². The summed E-state index contributed by atoms with van der Waals surface area (Å²) in [5.74, 6) is -0.804. The molecular formula is C21H17BrN4O7S. The average Bonchev–Trinajstić information content (AvgIpc) is 2.79. The van der Waals surface area contributed by atoms with Crippen LogP contribution in [0.4, 0.5) is 17.1 Å². The van der Waals surface area contributed by atoms with E-state index < -0.39 is 31.5 Å². The Morgan fingerprint density at radius 3 is 2.56 bits per heavy atom. The van der Waals surface area contributed by atoms with Gasteiger partial charge in [0.25, 0.3) is 15.7 Å². The zero-order chi connectivity index (χ0) is 24.9. The number of ether oxygens (including phenoxy) is 1. The summed E-state index contributed by atoms with van der Waals surface area (Å²) in [5, 5.41) is 24.8. The number of nitro groups is 1. The highest BCUT2D eigenvalue weighted by Crippen LogP contribution is 2.29. The van der Waals surface area contributed by atoms with Crippen LogP contribution in [0.2, 0.25) is 0 Å². The number of hydrazone groups is 1. The van der Waals surface area contributed by atoms with E-state index >= 15 is 0 Å². The van der Waals surface area contributed by atoms with Gasteiger partial charge in [-0.15, -0.1) is 0 Å². The minimum absolute atomic E-state index is 0.0555. The quantitative estimate of drug-likeness (QED) is 0.202. The number of hydrogen-bond acceptors (Lipinski definition) is 8. The molecule has 0 spiro atoms. The van der Waals surface area contributed by atoms with Gasteiger partial charge in [0, 0.05) is 16.1 Å².